The third-order valence-corrected chi connectivity index (χ3v) is 4.11. The van der Waals surface area contributed by atoms with Crippen molar-refractivity contribution in [2.75, 3.05) is 23.7 Å². The molecule has 0 aliphatic carbocycles. The number of benzene rings is 1. The summed E-state index contributed by atoms with van der Waals surface area (Å²) < 4.78 is 65.2. The Morgan fingerprint density at radius 2 is 1.68 bits per heavy atom. The van der Waals surface area contributed by atoms with Crippen LogP contribution in [0.4, 0.5) is 24.7 Å². The summed E-state index contributed by atoms with van der Waals surface area (Å²) in [4.78, 5) is 4.91. The van der Waals surface area contributed by atoms with Gasteiger partial charge in [-0.05, 0) is 24.3 Å². The SMILES string of the molecule is CN(C)c1ccc(NS(=O)(=O)c2cc(F)c(F)c(F)c2)nc1. The summed E-state index contributed by atoms with van der Waals surface area (Å²) in [7, 11) is -0.716. The zero-order valence-electron chi connectivity index (χ0n) is 11.6. The van der Waals surface area contributed by atoms with Crippen molar-refractivity contribution in [3.63, 3.8) is 0 Å². The van der Waals surface area contributed by atoms with Gasteiger partial charge in [-0.15, -0.1) is 0 Å². The topological polar surface area (TPSA) is 62.3 Å². The standard InChI is InChI=1S/C13H12F3N3O2S/c1-19(2)8-3-4-12(17-7-8)18-22(20,21)9-5-10(14)13(16)11(15)6-9/h3-7H,1-2H3,(H,17,18). The van der Waals surface area contributed by atoms with E-state index in [0.29, 0.717) is 12.1 Å². The van der Waals surface area contributed by atoms with Crippen LogP contribution in [0.3, 0.4) is 0 Å². The lowest BCUT2D eigenvalue weighted by atomic mass is 10.3. The molecule has 1 heterocycles. The number of pyridine rings is 1. The predicted octanol–water partition coefficient (Wildman–Crippen LogP) is 2.37. The van der Waals surface area contributed by atoms with E-state index in [1.165, 1.54) is 12.3 Å². The Morgan fingerprint density at radius 3 is 2.14 bits per heavy atom. The van der Waals surface area contributed by atoms with Crippen LogP contribution in [0, 0.1) is 17.5 Å². The molecule has 1 aromatic heterocycles. The fraction of sp³-hybridized carbons (Fsp3) is 0.154. The maximum Gasteiger partial charge on any atom is 0.263 e. The maximum atomic E-state index is 13.1. The van der Waals surface area contributed by atoms with E-state index in [4.69, 9.17) is 0 Å². The Bertz CT molecular complexity index is 770. The zero-order chi connectivity index (χ0) is 16.5. The van der Waals surface area contributed by atoms with E-state index in [2.05, 4.69) is 9.71 Å². The van der Waals surface area contributed by atoms with Crippen LogP contribution in [0.5, 0.6) is 0 Å². The van der Waals surface area contributed by atoms with Crippen LogP contribution in [0.2, 0.25) is 0 Å². The van der Waals surface area contributed by atoms with Gasteiger partial charge in [0.25, 0.3) is 10.0 Å². The van der Waals surface area contributed by atoms with Gasteiger partial charge in [0.05, 0.1) is 16.8 Å². The van der Waals surface area contributed by atoms with Crippen LogP contribution in [-0.2, 0) is 10.0 Å². The van der Waals surface area contributed by atoms with Crippen LogP contribution in [0.25, 0.3) is 0 Å². The summed E-state index contributed by atoms with van der Waals surface area (Å²) in [5, 5.41) is 0. The largest absolute Gasteiger partial charge is 0.376 e. The number of aromatic nitrogens is 1. The minimum atomic E-state index is -4.28. The van der Waals surface area contributed by atoms with Crippen molar-refractivity contribution in [3.05, 3.63) is 47.9 Å². The molecular weight excluding hydrogens is 319 g/mol. The molecule has 5 nitrogen and oxygen atoms in total. The van der Waals surface area contributed by atoms with Gasteiger partial charge < -0.3 is 4.90 Å². The third-order valence-electron chi connectivity index (χ3n) is 2.77. The molecule has 2 rings (SSSR count). The number of hydrogen-bond acceptors (Lipinski definition) is 4. The van der Waals surface area contributed by atoms with Gasteiger partial charge in [0.2, 0.25) is 0 Å². The van der Waals surface area contributed by atoms with Crippen molar-refractivity contribution in [2.45, 2.75) is 4.90 Å². The lowest BCUT2D eigenvalue weighted by molar-refractivity contribution is 0.442. The second kappa shape index (κ2) is 5.84. The summed E-state index contributed by atoms with van der Waals surface area (Å²) in [6.45, 7) is 0. The Hall–Kier alpha value is -2.29. The minimum Gasteiger partial charge on any atom is -0.376 e. The number of sulfonamides is 1. The molecule has 2 aromatic rings. The van der Waals surface area contributed by atoms with Crippen molar-refractivity contribution < 1.29 is 21.6 Å². The lowest BCUT2D eigenvalue weighted by Gasteiger charge is -2.13. The quantitative estimate of drug-likeness (QED) is 0.874. The molecule has 0 saturated carbocycles. The summed E-state index contributed by atoms with van der Waals surface area (Å²) in [5.41, 5.74) is 0.738. The average Bonchev–Trinajstić information content (AvgIpc) is 2.44. The van der Waals surface area contributed by atoms with E-state index in [0.717, 1.165) is 5.69 Å². The molecule has 1 N–H and O–H groups in total. The first-order valence-electron chi connectivity index (χ1n) is 6.01. The van der Waals surface area contributed by atoms with Crippen LogP contribution in [-0.4, -0.2) is 27.5 Å². The number of rotatable bonds is 4. The van der Waals surface area contributed by atoms with Crippen LogP contribution in [0.15, 0.2) is 35.4 Å². The van der Waals surface area contributed by atoms with Gasteiger partial charge in [-0.1, -0.05) is 0 Å². The van der Waals surface area contributed by atoms with E-state index in [-0.39, 0.29) is 5.82 Å². The Balaban J connectivity index is 2.31. The molecule has 118 valence electrons. The fourth-order valence-electron chi connectivity index (χ4n) is 1.59. The lowest BCUT2D eigenvalue weighted by Crippen LogP contribution is -2.15. The molecule has 1 aromatic carbocycles. The highest BCUT2D eigenvalue weighted by Gasteiger charge is 2.20. The van der Waals surface area contributed by atoms with E-state index in [1.807, 2.05) is 0 Å². The summed E-state index contributed by atoms with van der Waals surface area (Å²) >= 11 is 0. The average molecular weight is 331 g/mol. The fourth-order valence-corrected chi connectivity index (χ4v) is 2.63. The molecule has 0 unspecified atom stereocenters. The van der Waals surface area contributed by atoms with Gasteiger partial charge >= 0.3 is 0 Å². The van der Waals surface area contributed by atoms with Crippen molar-refractivity contribution in [1.82, 2.24) is 4.98 Å². The van der Waals surface area contributed by atoms with Crippen LogP contribution in [0.1, 0.15) is 0 Å². The monoisotopic (exact) mass is 331 g/mol. The molecule has 22 heavy (non-hydrogen) atoms. The molecule has 0 radical (unpaired) electrons. The first kappa shape index (κ1) is 16.1. The number of nitrogens with one attached hydrogen (secondary N) is 1. The van der Waals surface area contributed by atoms with Gasteiger partial charge in [-0.2, -0.15) is 0 Å². The number of halogens is 3. The highest BCUT2D eigenvalue weighted by atomic mass is 32.2. The van der Waals surface area contributed by atoms with E-state index in [9.17, 15) is 21.6 Å². The predicted molar refractivity (Wildman–Crippen MR) is 75.7 cm³/mol. The smallest absolute Gasteiger partial charge is 0.263 e. The summed E-state index contributed by atoms with van der Waals surface area (Å²) in [5.74, 6) is -4.93. The van der Waals surface area contributed by atoms with Crippen molar-refractivity contribution in [3.8, 4) is 0 Å². The van der Waals surface area contributed by atoms with Gasteiger partial charge in [-0.3, -0.25) is 4.72 Å². The van der Waals surface area contributed by atoms with Crippen LogP contribution < -0.4 is 9.62 Å². The Morgan fingerprint density at radius 1 is 1.09 bits per heavy atom. The van der Waals surface area contributed by atoms with Crippen molar-refractivity contribution in [1.29, 1.82) is 0 Å². The second-order valence-corrected chi connectivity index (χ2v) is 6.28. The molecule has 0 fully saturated rings. The molecule has 0 bridgehead atoms. The molecule has 9 heteroatoms. The normalized spacial score (nSPS) is 11.3. The highest BCUT2D eigenvalue weighted by molar-refractivity contribution is 7.92. The van der Waals surface area contributed by atoms with Gasteiger partial charge in [0.15, 0.2) is 17.5 Å². The molecule has 0 aliphatic heterocycles. The first-order valence-corrected chi connectivity index (χ1v) is 7.50. The van der Waals surface area contributed by atoms with E-state index in [1.54, 1.807) is 25.1 Å². The van der Waals surface area contributed by atoms with E-state index >= 15 is 0 Å². The zero-order valence-corrected chi connectivity index (χ0v) is 12.5. The molecular formula is C13H12F3N3O2S. The Labute approximate surface area is 125 Å². The van der Waals surface area contributed by atoms with Gasteiger partial charge in [0.1, 0.15) is 5.82 Å². The Kier molecular flexibility index (Phi) is 4.27. The molecule has 0 atom stereocenters. The number of anilines is 2. The third kappa shape index (κ3) is 3.30. The van der Waals surface area contributed by atoms with E-state index < -0.39 is 32.4 Å². The van der Waals surface area contributed by atoms with Gasteiger partial charge in [0, 0.05) is 14.1 Å². The van der Waals surface area contributed by atoms with Crippen molar-refractivity contribution >= 4 is 21.5 Å². The molecule has 0 amide bonds. The second-order valence-electron chi connectivity index (χ2n) is 4.60. The molecule has 0 aliphatic rings. The summed E-state index contributed by atoms with van der Waals surface area (Å²) in [6, 6.07) is 3.80. The maximum absolute atomic E-state index is 13.1. The van der Waals surface area contributed by atoms with Crippen LogP contribution >= 0.6 is 0 Å². The molecule has 0 spiro atoms. The summed E-state index contributed by atoms with van der Waals surface area (Å²) in [6.07, 6.45) is 1.42. The highest BCUT2D eigenvalue weighted by Crippen LogP contribution is 2.20. The minimum absolute atomic E-state index is 0.0317. The van der Waals surface area contributed by atoms with Crippen molar-refractivity contribution in [2.24, 2.45) is 0 Å². The number of hydrogen-bond donors (Lipinski definition) is 1. The number of nitrogens with zero attached hydrogens (tertiary/aromatic N) is 2. The van der Waals surface area contributed by atoms with Gasteiger partial charge in [-0.25, -0.2) is 26.6 Å². The molecule has 0 saturated heterocycles. The first-order chi connectivity index (χ1) is 10.2.